The molecule has 1 atom stereocenters. The molecular weight excluding hydrogens is 236 g/mol. The molecule has 3 nitrogen and oxygen atoms in total. The summed E-state index contributed by atoms with van der Waals surface area (Å²) >= 11 is 0. The Morgan fingerprint density at radius 2 is 1.89 bits per heavy atom. The van der Waals surface area contributed by atoms with Crippen LogP contribution < -0.4 is 10.6 Å². The fraction of sp³-hybridized carbons (Fsp3) is 0.562. The molecule has 0 aliphatic carbocycles. The summed E-state index contributed by atoms with van der Waals surface area (Å²) in [4.78, 5) is 11.7. The number of hydrogen-bond donors (Lipinski definition) is 2. The maximum atomic E-state index is 11.7. The Labute approximate surface area is 116 Å². The summed E-state index contributed by atoms with van der Waals surface area (Å²) in [7, 11) is 0. The normalized spacial score (nSPS) is 12.5. The number of nitrogens with one attached hydrogen (secondary N) is 2. The lowest BCUT2D eigenvalue weighted by atomic mass is 10.0. The Kier molecular flexibility index (Phi) is 6.57. The van der Waals surface area contributed by atoms with E-state index in [9.17, 15) is 4.79 Å². The standard InChI is InChI=1S/C16H26N2O/c1-12(2)9-10-17-16(19)11-18-14(4)15-8-6-5-7-13(15)3/h5-8,12,14,18H,9-11H2,1-4H3,(H,17,19)/t14-/m1/s1. The number of amides is 1. The maximum Gasteiger partial charge on any atom is 0.233 e. The number of hydrogen-bond acceptors (Lipinski definition) is 2. The van der Waals surface area contributed by atoms with Crippen LogP contribution in [0.25, 0.3) is 0 Å². The van der Waals surface area contributed by atoms with Gasteiger partial charge in [0, 0.05) is 12.6 Å². The molecule has 1 aromatic rings. The smallest absolute Gasteiger partial charge is 0.233 e. The van der Waals surface area contributed by atoms with E-state index in [4.69, 9.17) is 0 Å². The second kappa shape index (κ2) is 7.95. The van der Waals surface area contributed by atoms with Gasteiger partial charge in [0.15, 0.2) is 0 Å². The van der Waals surface area contributed by atoms with Crippen LogP contribution in [0.4, 0.5) is 0 Å². The molecule has 0 radical (unpaired) electrons. The van der Waals surface area contributed by atoms with Crippen molar-refractivity contribution in [1.82, 2.24) is 10.6 Å². The molecule has 0 aliphatic rings. The Balaban J connectivity index is 2.32. The van der Waals surface area contributed by atoms with Gasteiger partial charge in [-0.15, -0.1) is 0 Å². The summed E-state index contributed by atoms with van der Waals surface area (Å²) in [5.41, 5.74) is 2.50. The highest BCUT2D eigenvalue weighted by molar-refractivity contribution is 5.78. The zero-order chi connectivity index (χ0) is 14.3. The number of aryl methyl sites for hydroxylation is 1. The van der Waals surface area contributed by atoms with Crippen molar-refractivity contribution in [3.63, 3.8) is 0 Å². The zero-order valence-corrected chi connectivity index (χ0v) is 12.5. The first-order chi connectivity index (χ1) is 9.00. The van der Waals surface area contributed by atoms with E-state index in [2.05, 4.69) is 50.5 Å². The van der Waals surface area contributed by atoms with Gasteiger partial charge in [0.25, 0.3) is 0 Å². The highest BCUT2D eigenvalue weighted by Gasteiger charge is 2.09. The van der Waals surface area contributed by atoms with E-state index in [0.717, 1.165) is 13.0 Å². The molecule has 1 rings (SSSR count). The highest BCUT2D eigenvalue weighted by Crippen LogP contribution is 2.15. The Morgan fingerprint density at radius 3 is 2.53 bits per heavy atom. The van der Waals surface area contributed by atoms with Gasteiger partial charge in [0.1, 0.15) is 0 Å². The Hall–Kier alpha value is -1.35. The predicted molar refractivity (Wildman–Crippen MR) is 80.1 cm³/mol. The fourth-order valence-electron chi connectivity index (χ4n) is 1.99. The number of carbonyl (C=O) groups is 1. The third-order valence-electron chi connectivity index (χ3n) is 3.27. The topological polar surface area (TPSA) is 41.1 Å². The van der Waals surface area contributed by atoms with Gasteiger partial charge in [-0.1, -0.05) is 38.1 Å². The summed E-state index contributed by atoms with van der Waals surface area (Å²) in [5.74, 6) is 0.695. The van der Waals surface area contributed by atoms with Gasteiger partial charge in [0.2, 0.25) is 5.91 Å². The van der Waals surface area contributed by atoms with Crippen molar-refractivity contribution in [2.75, 3.05) is 13.1 Å². The van der Waals surface area contributed by atoms with E-state index in [1.165, 1.54) is 11.1 Å². The van der Waals surface area contributed by atoms with E-state index < -0.39 is 0 Å². The van der Waals surface area contributed by atoms with Crippen LogP contribution in [0.5, 0.6) is 0 Å². The molecule has 3 heteroatoms. The van der Waals surface area contributed by atoms with Crippen molar-refractivity contribution in [3.05, 3.63) is 35.4 Å². The van der Waals surface area contributed by atoms with E-state index in [1.54, 1.807) is 0 Å². The first-order valence-corrected chi connectivity index (χ1v) is 7.06. The average Bonchev–Trinajstić information content (AvgIpc) is 2.36. The van der Waals surface area contributed by atoms with Crippen molar-refractivity contribution in [2.45, 2.75) is 40.2 Å². The molecular formula is C16H26N2O. The van der Waals surface area contributed by atoms with Crippen LogP contribution in [-0.2, 0) is 4.79 Å². The van der Waals surface area contributed by atoms with E-state index in [1.807, 2.05) is 12.1 Å². The van der Waals surface area contributed by atoms with Gasteiger partial charge in [-0.05, 0) is 37.3 Å². The number of carbonyl (C=O) groups excluding carboxylic acids is 1. The number of rotatable bonds is 7. The molecule has 0 aromatic heterocycles. The highest BCUT2D eigenvalue weighted by atomic mass is 16.1. The van der Waals surface area contributed by atoms with Crippen molar-refractivity contribution < 1.29 is 4.79 Å². The molecule has 19 heavy (non-hydrogen) atoms. The second-order valence-corrected chi connectivity index (χ2v) is 5.49. The first kappa shape index (κ1) is 15.7. The molecule has 1 amide bonds. The molecule has 0 saturated heterocycles. The minimum atomic E-state index is 0.0704. The van der Waals surface area contributed by atoms with E-state index >= 15 is 0 Å². The van der Waals surface area contributed by atoms with Gasteiger partial charge in [-0.2, -0.15) is 0 Å². The van der Waals surface area contributed by atoms with Crippen LogP contribution >= 0.6 is 0 Å². The predicted octanol–water partition coefficient (Wildman–Crippen LogP) is 2.81. The van der Waals surface area contributed by atoms with E-state index in [0.29, 0.717) is 12.5 Å². The monoisotopic (exact) mass is 262 g/mol. The van der Waals surface area contributed by atoms with Crippen molar-refractivity contribution >= 4 is 5.91 Å². The maximum absolute atomic E-state index is 11.7. The quantitative estimate of drug-likeness (QED) is 0.793. The summed E-state index contributed by atoms with van der Waals surface area (Å²) < 4.78 is 0. The molecule has 106 valence electrons. The molecule has 0 bridgehead atoms. The van der Waals surface area contributed by atoms with Crippen LogP contribution in [0.1, 0.15) is 44.4 Å². The van der Waals surface area contributed by atoms with Crippen LogP contribution in [0, 0.1) is 12.8 Å². The lowest BCUT2D eigenvalue weighted by Crippen LogP contribution is -2.35. The van der Waals surface area contributed by atoms with Crippen molar-refractivity contribution in [3.8, 4) is 0 Å². The molecule has 1 aromatic carbocycles. The first-order valence-electron chi connectivity index (χ1n) is 7.06. The Morgan fingerprint density at radius 1 is 1.21 bits per heavy atom. The Bertz CT molecular complexity index is 401. The largest absolute Gasteiger partial charge is 0.355 e. The summed E-state index contributed by atoms with van der Waals surface area (Å²) in [6.07, 6.45) is 1.03. The van der Waals surface area contributed by atoms with Gasteiger partial charge >= 0.3 is 0 Å². The average molecular weight is 262 g/mol. The molecule has 2 N–H and O–H groups in total. The van der Waals surface area contributed by atoms with Gasteiger partial charge in [-0.25, -0.2) is 0 Å². The van der Waals surface area contributed by atoms with Crippen LogP contribution in [0.15, 0.2) is 24.3 Å². The zero-order valence-electron chi connectivity index (χ0n) is 12.5. The molecule has 0 unspecified atom stereocenters. The van der Waals surface area contributed by atoms with Gasteiger partial charge in [-0.3, -0.25) is 4.79 Å². The van der Waals surface area contributed by atoms with Crippen LogP contribution in [-0.4, -0.2) is 19.0 Å². The van der Waals surface area contributed by atoms with Crippen LogP contribution in [0.3, 0.4) is 0 Å². The van der Waals surface area contributed by atoms with Crippen LogP contribution in [0.2, 0.25) is 0 Å². The summed E-state index contributed by atoms with van der Waals surface area (Å²) in [5, 5.41) is 6.20. The van der Waals surface area contributed by atoms with Gasteiger partial charge in [0.05, 0.1) is 6.54 Å². The minimum Gasteiger partial charge on any atom is -0.355 e. The third-order valence-corrected chi connectivity index (χ3v) is 3.27. The fourth-order valence-corrected chi connectivity index (χ4v) is 1.99. The van der Waals surface area contributed by atoms with Crippen molar-refractivity contribution in [2.24, 2.45) is 5.92 Å². The molecule has 0 fully saturated rings. The summed E-state index contributed by atoms with van der Waals surface area (Å²) in [6, 6.07) is 8.45. The SMILES string of the molecule is Cc1ccccc1[C@@H](C)NCC(=O)NCCC(C)C. The third kappa shape index (κ3) is 5.88. The number of benzene rings is 1. The molecule has 0 saturated carbocycles. The lowest BCUT2D eigenvalue weighted by Gasteiger charge is -2.16. The van der Waals surface area contributed by atoms with E-state index in [-0.39, 0.29) is 11.9 Å². The lowest BCUT2D eigenvalue weighted by molar-refractivity contribution is -0.120. The summed E-state index contributed by atoms with van der Waals surface area (Å²) in [6.45, 7) is 9.62. The molecule has 0 aliphatic heterocycles. The molecule has 0 spiro atoms. The second-order valence-electron chi connectivity index (χ2n) is 5.49. The minimum absolute atomic E-state index is 0.0704. The van der Waals surface area contributed by atoms with Crippen molar-refractivity contribution in [1.29, 1.82) is 0 Å². The van der Waals surface area contributed by atoms with Gasteiger partial charge < -0.3 is 10.6 Å². The molecule has 0 heterocycles.